The summed E-state index contributed by atoms with van der Waals surface area (Å²) in [4.78, 5) is 2.43. The monoisotopic (exact) mass is 822 g/mol. The van der Waals surface area contributed by atoms with E-state index in [1.165, 1.54) is 94.9 Å². The van der Waals surface area contributed by atoms with Crippen molar-refractivity contribution in [3.05, 3.63) is 206 Å². The van der Waals surface area contributed by atoms with Gasteiger partial charge in [-0.15, -0.1) is 0 Å². The van der Waals surface area contributed by atoms with Crippen LogP contribution < -0.4 is 4.90 Å². The topological polar surface area (TPSA) is 8.17 Å². The number of thiophene rings is 1. The van der Waals surface area contributed by atoms with Crippen molar-refractivity contribution in [2.75, 3.05) is 4.90 Å². The number of nitrogens with zero attached hydrogens (tertiary/aromatic N) is 2. The van der Waals surface area contributed by atoms with Gasteiger partial charge < -0.3 is 4.57 Å². The molecule has 272 valence electrons. The smallest absolute Gasteiger partial charge is 0.0602 e. The normalized spacial score (nSPS) is 11.8. The van der Waals surface area contributed by atoms with E-state index in [0.717, 1.165) is 11.4 Å². The summed E-state index contributed by atoms with van der Waals surface area (Å²) < 4.78 is 7.92. The Kier molecular flexibility index (Phi) is 7.77. The Morgan fingerprint density at radius 2 is 0.948 bits per heavy atom. The molecule has 0 spiro atoms. The van der Waals surface area contributed by atoms with Crippen molar-refractivity contribution in [2.24, 2.45) is 0 Å². The van der Waals surface area contributed by atoms with E-state index >= 15 is 0 Å². The second-order valence-electron chi connectivity index (χ2n) is 14.9. The van der Waals surface area contributed by atoms with Crippen molar-refractivity contribution >= 4 is 104 Å². The van der Waals surface area contributed by atoms with Crippen LogP contribution in [0.3, 0.4) is 0 Å². The third kappa shape index (κ3) is 5.38. The fourth-order valence-electron chi connectivity index (χ4n) is 8.85. The molecule has 3 heterocycles. The summed E-state index contributed by atoms with van der Waals surface area (Å²) in [6, 6.07) is 76.0. The third-order valence-electron chi connectivity index (χ3n) is 11.6. The quantitative estimate of drug-likeness (QED) is 0.152. The first-order chi connectivity index (χ1) is 28.7. The van der Waals surface area contributed by atoms with Crippen LogP contribution in [-0.4, -0.2) is 19.1 Å². The van der Waals surface area contributed by atoms with Gasteiger partial charge in [-0.2, -0.15) is 0 Å². The van der Waals surface area contributed by atoms with E-state index in [-0.39, 0.29) is 0 Å². The van der Waals surface area contributed by atoms with Crippen LogP contribution in [0.2, 0.25) is 0 Å². The Morgan fingerprint density at radius 1 is 0.379 bits per heavy atom. The van der Waals surface area contributed by atoms with Crippen LogP contribution in [-0.2, 0) is 0 Å². The summed E-state index contributed by atoms with van der Waals surface area (Å²) in [5.41, 5.74) is 11.9. The number of rotatable bonds is 6. The Balaban J connectivity index is 0.967. The number of hydrogen-bond donors (Lipinski definition) is 0. The minimum absolute atomic E-state index is 0.369. The van der Waals surface area contributed by atoms with Gasteiger partial charge in [0.05, 0.1) is 11.0 Å². The molecule has 0 aliphatic carbocycles. The molecule has 3 aromatic heterocycles. The Bertz CT molecular complexity index is 3500. The molecule has 58 heavy (non-hydrogen) atoms. The van der Waals surface area contributed by atoms with Crippen molar-refractivity contribution in [2.45, 2.75) is 0 Å². The molecule has 0 atom stereocenters. The average molecular weight is 822 g/mol. The zero-order valence-corrected chi connectivity index (χ0v) is 33.9. The maximum absolute atomic E-state index is 2.43. The second-order valence-corrected chi connectivity index (χ2v) is 18.2. The van der Waals surface area contributed by atoms with Crippen molar-refractivity contribution in [1.82, 2.24) is 4.57 Å². The van der Waals surface area contributed by atoms with Crippen LogP contribution in [0, 0.1) is 0 Å². The van der Waals surface area contributed by atoms with E-state index in [9.17, 15) is 0 Å². The van der Waals surface area contributed by atoms with Gasteiger partial charge in [-0.1, -0.05) is 66.7 Å². The van der Waals surface area contributed by atoms with Gasteiger partial charge in [0.1, 0.15) is 0 Å². The predicted octanol–water partition coefficient (Wildman–Crippen LogP) is 15.3. The van der Waals surface area contributed by atoms with Crippen LogP contribution in [0.1, 0.15) is 0 Å². The van der Waals surface area contributed by atoms with Crippen molar-refractivity contribution in [3.8, 4) is 27.9 Å². The molecule has 0 saturated heterocycles. The number of hydrogen-bond acceptors (Lipinski definition) is 2. The van der Waals surface area contributed by atoms with Crippen LogP contribution in [0.4, 0.5) is 17.1 Å². The minimum Gasteiger partial charge on any atom is -0.0602 e. The van der Waals surface area contributed by atoms with Gasteiger partial charge in [-0.05, 0) is 47.5 Å². The van der Waals surface area contributed by atoms with Gasteiger partial charge >= 0.3 is 191 Å². The number of fused-ring (bicyclic) bond motifs is 9. The molecule has 0 unspecified atom stereocenters. The molecule has 12 rings (SSSR count). The molecule has 0 amide bonds. The van der Waals surface area contributed by atoms with Crippen molar-refractivity contribution < 1.29 is 0 Å². The molecule has 12 aromatic rings. The number of anilines is 3. The first-order valence-electron chi connectivity index (χ1n) is 19.7. The van der Waals surface area contributed by atoms with Crippen LogP contribution in [0.25, 0.3) is 89.2 Å². The molecular formula is C54H34N2SSe. The van der Waals surface area contributed by atoms with Gasteiger partial charge in [-0.3, -0.25) is 0 Å². The van der Waals surface area contributed by atoms with Gasteiger partial charge in [0.2, 0.25) is 0 Å². The molecular weight excluding hydrogens is 788 g/mol. The predicted molar refractivity (Wildman–Crippen MR) is 251 cm³/mol. The summed E-state index contributed by atoms with van der Waals surface area (Å²) in [6.07, 6.45) is 0. The first-order valence-corrected chi connectivity index (χ1v) is 22.2. The first kappa shape index (κ1) is 33.5. The zero-order chi connectivity index (χ0) is 38.2. The van der Waals surface area contributed by atoms with E-state index in [1.807, 2.05) is 11.3 Å². The number of benzene rings is 9. The van der Waals surface area contributed by atoms with E-state index in [0.29, 0.717) is 14.5 Å². The molecule has 0 aliphatic rings. The third-order valence-corrected chi connectivity index (χ3v) is 15.2. The molecule has 0 radical (unpaired) electrons. The maximum atomic E-state index is 2.43. The van der Waals surface area contributed by atoms with E-state index in [1.54, 1.807) is 0 Å². The Labute approximate surface area is 345 Å². The van der Waals surface area contributed by atoms with Gasteiger partial charge in [0, 0.05) is 26.5 Å². The molecule has 0 N–H and O–H groups in total. The average Bonchev–Trinajstić information content (AvgIpc) is 3.97. The minimum atomic E-state index is 0.369. The molecule has 0 bridgehead atoms. The molecule has 0 aliphatic heterocycles. The summed E-state index contributed by atoms with van der Waals surface area (Å²) in [5.74, 6) is 0. The van der Waals surface area contributed by atoms with Gasteiger partial charge in [0.25, 0.3) is 0 Å². The van der Waals surface area contributed by atoms with Crippen molar-refractivity contribution in [1.29, 1.82) is 0 Å². The van der Waals surface area contributed by atoms with Crippen LogP contribution in [0.5, 0.6) is 0 Å². The standard InChI is InChI=1S/C54H34N2SSe/c1-2-11-39(12-3-1)56-48-17-7-4-13-42(48)46-33-37(25-31-49(46)56)35-21-27-40(28-22-35)55(50-18-10-16-45-43-14-5-8-19-51(43)57-54(45)50)41-29-23-36(24-30-41)38-26-32-53-47(34-38)44-15-6-9-20-52(44)58-53/h1-34H. The fourth-order valence-corrected chi connectivity index (χ4v) is 12.3. The van der Waals surface area contributed by atoms with E-state index in [4.69, 9.17) is 0 Å². The molecule has 9 aromatic carbocycles. The van der Waals surface area contributed by atoms with Crippen LogP contribution in [0.15, 0.2) is 206 Å². The molecule has 2 nitrogen and oxygen atoms in total. The van der Waals surface area contributed by atoms with Gasteiger partial charge in [0.15, 0.2) is 0 Å². The summed E-state index contributed by atoms with van der Waals surface area (Å²) in [6.45, 7) is 0. The van der Waals surface area contributed by atoms with E-state index in [2.05, 4.69) is 216 Å². The van der Waals surface area contributed by atoms with Gasteiger partial charge in [-0.25, -0.2) is 0 Å². The van der Waals surface area contributed by atoms with E-state index < -0.39 is 0 Å². The summed E-state index contributed by atoms with van der Waals surface area (Å²) in [7, 11) is 0. The Morgan fingerprint density at radius 3 is 1.72 bits per heavy atom. The van der Waals surface area contributed by atoms with Crippen LogP contribution >= 0.6 is 11.3 Å². The SMILES string of the molecule is c1ccc(-n2c3ccccc3c3cc(-c4ccc(N(c5ccc(-c6ccc7[se]c8ccccc8c7c6)cc5)c5cccc6c5sc5ccccc56)cc4)ccc32)cc1. The number of aromatic nitrogens is 1. The second kappa shape index (κ2) is 13.5. The fraction of sp³-hybridized carbons (Fsp3) is 0. The number of para-hydroxylation sites is 2. The zero-order valence-electron chi connectivity index (χ0n) is 31.3. The van der Waals surface area contributed by atoms with Crippen molar-refractivity contribution in [3.63, 3.8) is 0 Å². The molecule has 0 saturated carbocycles. The molecule has 0 fully saturated rings. The summed E-state index contributed by atoms with van der Waals surface area (Å²) in [5, 5.41) is 7.89. The summed E-state index contributed by atoms with van der Waals surface area (Å²) >= 11 is 2.24. The Hall–Kier alpha value is -6.68. The molecule has 4 heteroatoms.